The number of halogens is 1. The first-order valence-corrected chi connectivity index (χ1v) is 6.44. The van der Waals surface area contributed by atoms with Crippen molar-refractivity contribution in [1.82, 2.24) is 5.32 Å². The summed E-state index contributed by atoms with van der Waals surface area (Å²) >= 11 is 3.22. The highest BCUT2D eigenvalue weighted by atomic mass is 79.9. The summed E-state index contributed by atoms with van der Waals surface area (Å²) in [6.45, 7) is 4.39. The summed E-state index contributed by atoms with van der Waals surface area (Å²) in [6, 6.07) is 5.00. The molecule has 0 spiro atoms. The van der Waals surface area contributed by atoms with Crippen LogP contribution in [0, 0.1) is 10.1 Å². The lowest BCUT2D eigenvalue weighted by Gasteiger charge is -2.25. The van der Waals surface area contributed by atoms with Gasteiger partial charge in [-0.15, -0.1) is 0 Å². The molecule has 1 aromatic rings. The lowest BCUT2D eigenvalue weighted by atomic mass is 10.0. The van der Waals surface area contributed by atoms with Gasteiger partial charge in [-0.2, -0.15) is 0 Å². The summed E-state index contributed by atoms with van der Waals surface area (Å²) in [5, 5.41) is 23.1. The van der Waals surface area contributed by atoms with Crippen molar-refractivity contribution in [3.05, 3.63) is 38.3 Å². The molecule has 0 aliphatic heterocycles. The summed E-state index contributed by atoms with van der Waals surface area (Å²) in [7, 11) is 0. The molecule has 1 aromatic carbocycles. The largest absolute Gasteiger partial charge is 0.396 e. The van der Waals surface area contributed by atoms with Crippen molar-refractivity contribution < 1.29 is 10.0 Å². The Labute approximate surface area is 114 Å². The van der Waals surface area contributed by atoms with Crippen molar-refractivity contribution in [3.8, 4) is 0 Å². The van der Waals surface area contributed by atoms with E-state index < -0.39 is 0 Å². The zero-order valence-corrected chi connectivity index (χ0v) is 12.0. The third-order valence-corrected chi connectivity index (χ3v) is 3.23. The Bertz CT molecular complexity index is 435. The van der Waals surface area contributed by atoms with E-state index in [-0.39, 0.29) is 22.8 Å². The maximum atomic E-state index is 10.9. The van der Waals surface area contributed by atoms with Gasteiger partial charge in [-0.05, 0) is 32.4 Å². The Hall–Kier alpha value is -0.980. The molecule has 0 aromatic heterocycles. The smallest absolute Gasteiger partial charge is 0.275 e. The van der Waals surface area contributed by atoms with Gasteiger partial charge in [0.25, 0.3) is 5.69 Å². The zero-order chi connectivity index (χ0) is 13.8. The van der Waals surface area contributed by atoms with E-state index in [2.05, 4.69) is 21.2 Å². The van der Waals surface area contributed by atoms with Crippen LogP contribution in [0.1, 0.15) is 25.8 Å². The van der Waals surface area contributed by atoms with Gasteiger partial charge >= 0.3 is 0 Å². The predicted molar refractivity (Wildman–Crippen MR) is 73.4 cm³/mol. The highest BCUT2D eigenvalue weighted by Gasteiger charge is 2.19. The second kappa shape index (κ2) is 6.26. The average Bonchev–Trinajstić information content (AvgIpc) is 2.27. The molecule has 6 heteroatoms. The highest BCUT2D eigenvalue weighted by Crippen LogP contribution is 2.24. The van der Waals surface area contributed by atoms with E-state index in [4.69, 9.17) is 5.11 Å². The van der Waals surface area contributed by atoms with Gasteiger partial charge in [0, 0.05) is 34.8 Å². The fourth-order valence-corrected chi connectivity index (χ4v) is 1.91. The van der Waals surface area contributed by atoms with Gasteiger partial charge in [-0.3, -0.25) is 10.1 Å². The van der Waals surface area contributed by atoms with E-state index >= 15 is 0 Å². The minimum absolute atomic E-state index is 0.0857. The SMILES string of the molecule is CC(C)(CCO)NCc1ccc(Br)cc1[N+](=O)[O-]. The zero-order valence-electron chi connectivity index (χ0n) is 10.4. The summed E-state index contributed by atoms with van der Waals surface area (Å²) in [5.74, 6) is 0. The molecule has 0 atom stereocenters. The van der Waals surface area contributed by atoms with Crippen LogP contribution in [0.5, 0.6) is 0 Å². The molecule has 0 saturated heterocycles. The fraction of sp³-hybridized carbons (Fsp3) is 0.500. The number of benzene rings is 1. The van der Waals surface area contributed by atoms with Gasteiger partial charge in [-0.25, -0.2) is 0 Å². The van der Waals surface area contributed by atoms with E-state index in [0.29, 0.717) is 23.0 Å². The van der Waals surface area contributed by atoms with Crippen LogP contribution in [0.2, 0.25) is 0 Å². The first kappa shape index (κ1) is 15.1. The molecule has 0 fully saturated rings. The summed E-state index contributed by atoms with van der Waals surface area (Å²) in [4.78, 5) is 10.6. The molecule has 0 bridgehead atoms. The third-order valence-electron chi connectivity index (χ3n) is 2.74. The normalized spacial score (nSPS) is 11.6. The predicted octanol–water partition coefficient (Wildman–Crippen LogP) is 2.61. The molecule has 100 valence electrons. The topological polar surface area (TPSA) is 75.4 Å². The third kappa shape index (κ3) is 4.36. The highest BCUT2D eigenvalue weighted by molar-refractivity contribution is 9.10. The van der Waals surface area contributed by atoms with Gasteiger partial charge in [0.15, 0.2) is 0 Å². The number of nitro benzene ring substituents is 1. The molecule has 0 saturated carbocycles. The number of nitrogens with zero attached hydrogens (tertiary/aromatic N) is 1. The number of aliphatic hydroxyl groups excluding tert-OH is 1. The van der Waals surface area contributed by atoms with Crippen molar-refractivity contribution in [2.24, 2.45) is 0 Å². The molecule has 1 rings (SSSR count). The minimum atomic E-state index is -0.388. The molecular weight excluding hydrogens is 300 g/mol. The maximum absolute atomic E-state index is 10.9. The van der Waals surface area contributed by atoms with Crippen molar-refractivity contribution >= 4 is 21.6 Å². The summed E-state index contributed by atoms with van der Waals surface area (Å²) in [6.07, 6.45) is 0.595. The molecule has 0 aliphatic carbocycles. The molecule has 0 aliphatic rings. The van der Waals surface area contributed by atoms with Crippen LogP contribution >= 0.6 is 15.9 Å². The molecule has 2 N–H and O–H groups in total. The van der Waals surface area contributed by atoms with Gasteiger partial charge in [0.2, 0.25) is 0 Å². The fourth-order valence-electron chi connectivity index (χ4n) is 1.56. The molecule has 0 heterocycles. The number of nitrogens with one attached hydrogen (secondary N) is 1. The van der Waals surface area contributed by atoms with Crippen LogP contribution in [0.4, 0.5) is 5.69 Å². The van der Waals surface area contributed by atoms with Crippen LogP contribution < -0.4 is 5.32 Å². The van der Waals surface area contributed by atoms with E-state index in [9.17, 15) is 10.1 Å². The van der Waals surface area contributed by atoms with Crippen molar-refractivity contribution in [2.75, 3.05) is 6.61 Å². The number of hydrogen-bond acceptors (Lipinski definition) is 4. The summed E-state index contributed by atoms with van der Waals surface area (Å²) in [5.41, 5.74) is 0.473. The van der Waals surface area contributed by atoms with Gasteiger partial charge < -0.3 is 10.4 Å². The molecular formula is C12H17BrN2O3. The van der Waals surface area contributed by atoms with Gasteiger partial charge in [-0.1, -0.05) is 15.9 Å². The van der Waals surface area contributed by atoms with Crippen molar-refractivity contribution in [3.63, 3.8) is 0 Å². The quantitative estimate of drug-likeness (QED) is 0.625. The van der Waals surface area contributed by atoms with Crippen molar-refractivity contribution in [1.29, 1.82) is 0 Å². The van der Waals surface area contributed by atoms with Gasteiger partial charge in [0.1, 0.15) is 0 Å². The molecule has 0 unspecified atom stereocenters. The number of nitro groups is 1. The lowest BCUT2D eigenvalue weighted by molar-refractivity contribution is -0.385. The maximum Gasteiger partial charge on any atom is 0.275 e. The Morgan fingerprint density at radius 1 is 1.50 bits per heavy atom. The standard InChI is InChI=1S/C12H17BrN2O3/c1-12(2,5-6-16)14-8-9-3-4-10(13)7-11(9)15(17)18/h3-4,7,14,16H,5-6,8H2,1-2H3. The Morgan fingerprint density at radius 3 is 2.72 bits per heavy atom. The van der Waals surface area contributed by atoms with Crippen LogP contribution in [-0.2, 0) is 6.54 Å². The lowest BCUT2D eigenvalue weighted by Crippen LogP contribution is -2.39. The second-order valence-corrected chi connectivity index (χ2v) is 5.66. The first-order valence-electron chi connectivity index (χ1n) is 5.64. The van der Waals surface area contributed by atoms with E-state index in [1.54, 1.807) is 12.1 Å². The summed E-state index contributed by atoms with van der Waals surface area (Å²) < 4.78 is 0.688. The average molecular weight is 317 g/mol. The van der Waals surface area contributed by atoms with E-state index in [0.717, 1.165) is 0 Å². The van der Waals surface area contributed by atoms with Crippen LogP contribution in [0.3, 0.4) is 0 Å². The van der Waals surface area contributed by atoms with E-state index in [1.807, 2.05) is 13.8 Å². The number of rotatable bonds is 6. The van der Waals surface area contributed by atoms with Crippen LogP contribution in [-0.4, -0.2) is 22.2 Å². The Morgan fingerprint density at radius 2 is 2.17 bits per heavy atom. The van der Waals surface area contributed by atoms with Gasteiger partial charge in [0.05, 0.1) is 4.92 Å². The van der Waals surface area contributed by atoms with Crippen molar-refractivity contribution in [2.45, 2.75) is 32.4 Å². The van der Waals surface area contributed by atoms with E-state index in [1.165, 1.54) is 6.07 Å². The minimum Gasteiger partial charge on any atom is -0.396 e. The Kier molecular flexibility index (Phi) is 5.25. The molecule has 18 heavy (non-hydrogen) atoms. The van der Waals surface area contributed by atoms with Crippen LogP contribution in [0.25, 0.3) is 0 Å². The molecule has 5 nitrogen and oxygen atoms in total. The monoisotopic (exact) mass is 316 g/mol. The number of hydrogen-bond donors (Lipinski definition) is 2. The Balaban J connectivity index is 2.82. The molecule has 0 amide bonds. The number of aliphatic hydroxyl groups is 1. The second-order valence-electron chi connectivity index (χ2n) is 4.74. The van der Waals surface area contributed by atoms with Crippen LogP contribution in [0.15, 0.2) is 22.7 Å². The first-order chi connectivity index (χ1) is 8.35. The molecule has 0 radical (unpaired) electrons.